The number of carbonyl (C=O) groups excluding carboxylic acids is 2. The molecular formula is C12H18F2O5. The van der Waals surface area contributed by atoms with Gasteiger partial charge < -0.3 is 14.2 Å². The van der Waals surface area contributed by atoms with Gasteiger partial charge in [-0.15, -0.1) is 0 Å². The van der Waals surface area contributed by atoms with Crippen LogP contribution in [0.15, 0.2) is 11.8 Å². The Balaban J connectivity index is 4.77. The van der Waals surface area contributed by atoms with Crippen LogP contribution in [0.3, 0.4) is 0 Å². The molecule has 0 fully saturated rings. The number of hydrogen-bond acceptors (Lipinski definition) is 5. The van der Waals surface area contributed by atoms with Crippen LogP contribution >= 0.6 is 0 Å². The van der Waals surface area contributed by atoms with Crippen molar-refractivity contribution in [2.24, 2.45) is 0 Å². The summed E-state index contributed by atoms with van der Waals surface area (Å²) in [5.41, 5.74) is 0. The van der Waals surface area contributed by atoms with Crippen molar-refractivity contribution in [2.75, 3.05) is 19.8 Å². The highest BCUT2D eigenvalue weighted by Gasteiger charge is 2.29. The van der Waals surface area contributed by atoms with Crippen LogP contribution in [0.1, 0.15) is 27.2 Å². The quantitative estimate of drug-likeness (QED) is 0.387. The van der Waals surface area contributed by atoms with E-state index in [4.69, 9.17) is 0 Å². The fourth-order valence-electron chi connectivity index (χ4n) is 0.938. The monoisotopic (exact) mass is 280 g/mol. The van der Waals surface area contributed by atoms with Gasteiger partial charge in [-0.1, -0.05) is 6.92 Å². The molecule has 0 aliphatic rings. The molecule has 0 saturated carbocycles. The molecule has 0 aromatic rings. The summed E-state index contributed by atoms with van der Waals surface area (Å²) >= 11 is 0. The van der Waals surface area contributed by atoms with Gasteiger partial charge in [0.05, 0.1) is 19.3 Å². The molecule has 7 heteroatoms. The van der Waals surface area contributed by atoms with Crippen molar-refractivity contribution in [3.63, 3.8) is 0 Å². The van der Waals surface area contributed by atoms with Gasteiger partial charge in [0.25, 0.3) is 5.92 Å². The Bertz CT molecular complexity index is 339. The highest BCUT2D eigenvalue weighted by Crippen LogP contribution is 2.19. The normalized spacial score (nSPS) is 11.9. The summed E-state index contributed by atoms with van der Waals surface area (Å²) in [6, 6.07) is 0. The molecule has 0 atom stereocenters. The third-order valence-corrected chi connectivity index (χ3v) is 1.97. The van der Waals surface area contributed by atoms with Gasteiger partial charge >= 0.3 is 11.9 Å². The van der Waals surface area contributed by atoms with Crippen LogP contribution in [0.5, 0.6) is 0 Å². The number of esters is 2. The predicted octanol–water partition coefficient (Wildman–Crippen LogP) is 2.06. The van der Waals surface area contributed by atoms with Gasteiger partial charge in [0.1, 0.15) is 0 Å². The lowest BCUT2D eigenvalue weighted by atomic mass is 10.3. The van der Waals surface area contributed by atoms with Gasteiger partial charge in [-0.05, 0) is 13.8 Å². The first kappa shape index (κ1) is 17.3. The molecule has 0 saturated heterocycles. The molecule has 0 rings (SSSR count). The highest BCUT2D eigenvalue weighted by atomic mass is 19.3. The standard InChI is InChI=1S/C12H18F2O5/c1-4-12(13,14)8-19-9(11(16)18-6-3)7-10(15)17-5-2/h7H,4-6,8H2,1-3H3/b9-7+. The Morgan fingerprint density at radius 1 is 1.05 bits per heavy atom. The Labute approximate surface area is 110 Å². The van der Waals surface area contributed by atoms with Crippen molar-refractivity contribution in [2.45, 2.75) is 33.1 Å². The summed E-state index contributed by atoms with van der Waals surface area (Å²) in [6.45, 7) is 3.52. The van der Waals surface area contributed by atoms with E-state index in [1.165, 1.54) is 6.92 Å². The van der Waals surface area contributed by atoms with E-state index in [0.717, 1.165) is 0 Å². The molecular weight excluding hydrogens is 262 g/mol. The zero-order valence-corrected chi connectivity index (χ0v) is 11.2. The van der Waals surface area contributed by atoms with Crippen molar-refractivity contribution < 1.29 is 32.6 Å². The molecule has 0 N–H and O–H groups in total. The molecule has 0 radical (unpaired) electrons. The minimum atomic E-state index is -3.08. The third-order valence-electron chi connectivity index (χ3n) is 1.97. The molecule has 5 nitrogen and oxygen atoms in total. The van der Waals surface area contributed by atoms with Gasteiger partial charge in [0, 0.05) is 6.42 Å². The van der Waals surface area contributed by atoms with E-state index in [2.05, 4.69) is 14.2 Å². The Kier molecular flexibility index (Phi) is 7.71. The zero-order valence-electron chi connectivity index (χ0n) is 11.2. The zero-order chi connectivity index (χ0) is 14.9. The van der Waals surface area contributed by atoms with Gasteiger partial charge in [0.2, 0.25) is 5.76 Å². The fourth-order valence-corrected chi connectivity index (χ4v) is 0.938. The van der Waals surface area contributed by atoms with E-state index < -0.39 is 36.6 Å². The third kappa shape index (κ3) is 7.38. The number of ether oxygens (including phenoxy) is 3. The number of rotatable bonds is 8. The van der Waals surface area contributed by atoms with Crippen LogP contribution in [0.2, 0.25) is 0 Å². The van der Waals surface area contributed by atoms with Crippen molar-refractivity contribution in [1.82, 2.24) is 0 Å². The SMILES string of the molecule is CCOC(=O)/C=C(/OCC(F)(F)CC)C(=O)OCC. The molecule has 0 unspecified atom stereocenters. The predicted molar refractivity (Wildman–Crippen MR) is 62.5 cm³/mol. The van der Waals surface area contributed by atoms with Crippen LogP contribution in [0.25, 0.3) is 0 Å². The number of halogens is 2. The lowest BCUT2D eigenvalue weighted by Crippen LogP contribution is -2.24. The second-order valence-electron chi connectivity index (χ2n) is 3.48. The molecule has 0 amide bonds. The minimum Gasteiger partial charge on any atom is -0.480 e. The molecule has 0 heterocycles. The van der Waals surface area contributed by atoms with E-state index in [-0.39, 0.29) is 13.2 Å². The van der Waals surface area contributed by atoms with Gasteiger partial charge in [-0.2, -0.15) is 0 Å². The Hall–Kier alpha value is -1.66. The summed E-state index contributed by atoms with van der Waals surface area (Å²) < 4.78 is 39.9. The van der Waals surface area contributed by atoms with Crippen LogP contribution in [0.4, 0.5) is 8.78 Å². The van der Waals surface area contributed by atoms with Gasteiger partial charge in [-0.25, -0.2) is 18.4 Å². The number of hydrogen-bond donors (Lipinski definition) is 0. The minimum absolute atomic E-state index is 0.0343. The molecule has 0 aliphatic heterocycles. The highest BCUT2D eigenvalue weighted by molar-refractivity contribution is 5.94. The first-order chi connectivity index (χ1) is 8.86. The van der Waals surface area contributed by atoms with Gasteiger partial charge in [-0.3, -0.25) is 0 Å². The number of carbonyl (C=O) groups is 2. The topological polar surface area (TPSA) is 61.8 Å². The summed E-state index contributed by atoms with van der Waals surface area (Å²) in [5.74, 6) is -5.51. The second kappa shape index (κ2) is 8.44. The molecule has 0 aliphatic carbocycles. The van der Waals surface area contributed by atoms with Crippen molar-refractivity contribution in [3.05, 3.63) is 11.8 Å². The maximum absolute atomic E-state index is 13.0. The molecule has 110 valence electrons. The first-order valence-electron chi connectivity index (χ1n) is 5.92. The maximum Gasteiger partial charge on any atom is 0.373 e. The van der Waals surface area contributed by atoms with Crippen LogP contribution in [-0.2, 0) is 23.8 Å². The Morgan fingerprint density at radius 3 is 2.11 bits per heavy atom. The second-order valence-corrected chi connectivity index (χ2v) is 3.48. The van der Waals surface area contributed by atoms with E-state index in [0.29, 0.717) is 6.08 Å². The van der Waals surface area contributed by atoms with Crippen LogP contribution < -0.4 is 0 Å². The van der Waals surface area contributed by atoms with Crippen LogP contribution in [0, 0.1) is 0 Å². The van der Waals surface area contributed by atoms with E-state index in [9.17, 15) is 18.4 Å². The molecule has 0 bridgehead atoms. The lowest BCUT2D eigenvalue weighted by Gasteiger charge is -2.16. The Morgan fingerprint density at radius 2 is 1.63 bits per heavy atom. The maximum atomic E-state index is 13.0. The van der Waals surface area contributed by atoms with Crippen molar-refractivity contribution in [3.8, 4) is 0 Å². The van der Waals surface area contributed by atoms with E-state index in [1.807, 2.05) is 0 Å². The molecule has 0 aromatic carbocycles. The summed E-state index contributed by atoms with van der Waals surface area (Å²) in [7, 11) is 0. The lowest BCUT2D eigenvalue weighted by molar-refractivity contribution is -0.147. The van der Waals surface area contributed by atoms with Crippen molar-refractivity contribution >= 4 is 11.9 Å². The van der Waals surface area contributed by atoms with Gasteiger partial charge in [0.15, 0.2) is 6.61 Å². The largest absolute Gasteiger partial charge is 0.480 e. The summed E-state index contributed by atoms with van der Waals surface area (Å²) in [5, 5.41) is 0. The first-order valence-corrected chi connectivity index (χ1v) is 5.92. The molecule has 0 spiro atoms. The smallest absolute Gasteiger partial charge is 0.373 e. The molecule has 19 heavy (non-hydrogen) atoms. The van der Waals surface area contributed by atoms with Crippen molar-refractivity contribution in [1.29, 1.82) is 0 Å². The van der Waals surface area contributed by atoms with E-state index >= 15 is 0 Å². The summed E-state index contributed by atoms with van der Waals surface area (Å²) in [6.07, 6.45) is 0.260. The van der Waals surface area contributed by atoms with E-state index in [1.54, 1.807) is 13.8 Å². The molecule has 0 aromatic heterocycles. The number of alkyl halides is 2. The average molecular weight is 280 g/mol. The fraction of sp³-hybridized carbons (Fsp3) is 0.667. The van der Waals surface area contributed by atoms with Crippen LogP contribution in [-0.4, -0.2) is 37.7 Å². The average Bonchev–Trinajstić information content (AvgIpc) is 2.35. The summed E-state index contributed by atoms with van der Waals surface area (Å²) in [4.78, 5) is 22.6.